The molecule has 1 unspecified atom stereocenters. The van der Waals surface area contributed by atoms with Gasteiger partial charge in [0.25, 0.3) is 0 Å². The second kappa shape index (κ2) is 11.8. The predicted octanol–water partition coefficient (Wildman–Crippen LogP) is 11.3. The van der Waals surface area contributed by atoms with Gasteiger partial charge in [-0.3, -0.25) is 0 Å². The lowest BCUT2D eigenvalue weighted by Gasteiger charge is -2.30. The van der Waals surface area contributed by atoms with Crippen molar-refractivity contribution in [3.05, 3.63) is 161 Å². The molecule has 0 spiro atoms. The molecule has 0 fully saturated rings. The molecule has 0 radical (unpaired) electrons. The minimum Gasteiger partial charge on any atom is -0.311 e. The lowest BCUT2D eigenvalue weighted by atomic mass is 9.78. The molecule has 1 nitrogen and oxygen atoms in total. The molecule has 0 aliphatic carbocycles. The van der Waals surface area contributed by atoms with Crippen LogP contribution in [-0.2, 0) is 10.8 Å². The molecule has 5 aromatic rings. The fourth-order valence-electron chi connectivity index (χ4n) is 5.73. The van der Waals surface area contributed by atoms with Crippen LogP contribution in [0.25, 0.3) is 0 Å². The molecule has 5 rings (SSSR count). The molecular weight excluding hydrogens is 494 g/mol. The number of nitrogens with zero attached hydrogens (tertiary/aromatic N) is 1. The van der Waals surface area contributed by atoms with Crippen molar-refractivity contribution in [1.82, 2.24) is 0 Å². The maximum atomic E-state index is 2.37. The lowest BCUT2D eigenvalue weighted by Crippen LogP contribution is -2.19. The van der Waals surface area contributed by atoms with E-state index in [1.54, 1.807) is 0 Å². The molecule has 0 N–H and O–H groups in total. The van der Waals surface area contributed by atoms with E-state index in [0.717, 1.165) is 17.8 Å². The van der Waals surface area contributed by atoms with Gasteiger partial charge in [0.15, 0.2) is 0 Å². The summed E-state index contributed by atoms with van der Waals surface area (Å²) in [5.41, 5.74) is 9.97. The highest BCUT2D eigenvalue weighted by molar-refractivity contribution is 5.77. The van der Waals surface area contributed by atoms with Crippen LogP contribution in [0, 0.1) is 0 Å². The van der Waals surface area contributed by atoms with Gasteiger partial charge in [-0.25, -0.2) is 0 Å². The highest BCUT2D eigenvalue weighted by atomic mass is 15.1. The van der Waals surface area contributed by atoms with Crippen molar-refractivity contribution in [3.63, 3.8) is 0 Å². The van der Waals surface area contributed by atoms with Crippen molar-refractivity contribution in [3.8, 4) is 0 Å². The average Bonchev–Trinajstić information content (AvgIpc) is 3.02. The van der Waals surface area contributed by atoms with E-state index in [1.165, 1.54) is 33.5 Å². The van der Waals surface area contributed by atoms with E-state index >= 15 is 0 Å². The van der Waals surface area contributed by atoms with Crippen LogP contribution in [0.4, 0.5) is 17.1 Å². The first kappa shape index (κ1) is 28.4. The Hall–Kier alpha value is -4.10. The Balaban J connectivity index is 1.53. The van der Waals surface area contributed by atoms with Crippen molar-refractivity contribution in [2.24, 2.45) is 0 Å². The van der Waals surface area contributed by atoms with Gasteiger partial charge in [-0.1, -0.05) is 139 Å². The lowest BCUT2D eigenvalue weighted by molar-refractivity contribution is 0.641. The summed E-state index contributed by atoms with van der Waals surface area (Å²) in [5, 5.41) is 0. The standard InChI is InChI=1S/C40H43N/c1-7-30(2)31-18-24-36(25-19-31)41(37-26-20-34(21-27-37)39(3,4)32-14-10-8-11-15-32)38-28-22-35(23-29-38)40(5,6)33-16-12-9-13-17-33/h8-30H,7H2,1-6H3. The summed E-state index contributed by atoms with van der Waals surface area (Å²) in [4.78, 5) is 2.37. The second-order valence-corrected chi connectivity index (χ2v) is 12.3. The topological polar surface area (TPSA) is 3.24 Å². The Kier molecular flexibility index (Phi) is 8.18. The van der Waals surface area contributed by atoms with E-state index in [1.807, 2.05) is 0 Å². The predicted molar refractivity (Wildman–Crippen MR) is 177 cm³/mol. The van der Waals surface area contributed by atoms with Gasteiger partial charge >= 0.3 is 0 Å². The van der Waals surface area contributed by atoms with E-state index in [4.69, 9.17) is 0 Å². The zero-order chi connectivity index (χ0) is 29.0. The van der Waals surface area contributed by atoms with Crippen LogP contribution in [0.1, 0.15) is 81.7 Å². The van der Waals surface area contributed by atoms with Crippen molar-refractivity contribution in [2.75, 3.05) is 4.90 Å². The molecule has 0 heterocycles. The zero-order valence-electron chi connectivity index (χ0n) is 25.4. The van der Waals surface area contributed by atoms with Gasteiger partial charge in [0, 0.05) is 27.9 Å². The Morgan fingerprint density at radius 1 is 0.463 bits per heavy atom. The third kappa shape index (κ3) is 5.86. The molecule has 0 aliphatic heterocycles. The monoisotopic (exact) mass is 537 g/mol. The SMILES string of the molecule is CCC(C)c1ccc(N(c2ccc(C(C)(C)c3ccccc3)cc2)c2ccc(C(C)(C)c3ccccc3)cc2)cc1. The van der Waals surface area contributed by atoms with Gasteiger partial charge in [-0.05, 0) is 76.6 Å². The van der Waals surface area contributed by atoms with E-state index in [9.17, 15) is 0 Å². The first-order valence-corrected chi connectivity index (χ1v) is 14.9. The smallest absolute Gasteiger partial charge is 0.0461 e. The molecule has 208 valence electrons. The second-order valence-electron chi connectivity index (χ2n) is 12.3. The van der Waals surface area contributed by atoms with Gasteiger partial charge in [-0.15, -0.1) is 0 Å². The molecule has 0 aliphatic rings. The third-order valence-electron chi connectivity index (χ3n) is 9.02. The summed E-state index contributed by atoms with van der Waals surface area (Å²) < 4.78 is 0. The van der Waals surface area contributed by atoms with E-state index in [-0.39, 0.29) is 10.8 Å². The number of hydrogen-bond donors (Lipinski definition) is 0. The highest BCUT2D eigenvalue weighted by Crippen LogP contribution is 2.39. The number of anilines is 3. The van der Waals surface area contributed by atoms with Crippen LogP contribution in [-0.4, -0.2) is 0 Å². The molecule has 5 aromatic carbocycles. The molecule has 41 heavy (non-hydrogen) atoms. The number of rotatable bonds is 9. The summed E-state index contributed by atoms with van der Waals surface area (Å²) >= 11 is 0. The quantitative estimate of drug-likeness (QED) is 0.181. The summed E-state index contributed by atoms with van der Waals surface area (Å²) in [7, 11) is 0. The molecular formula is C40H43N. The normalized spacial score (nSPS) is 12.6. The molecule has 0 aromatic heterocycles. The molecule has 0 bridgehead atoms. The van der Waals surface area contributed by atoms with Crippen molar-refractivity contribution in [1.29, 1.82) is 0 Å². The van der Waals surface area contributed by atoms with E-state index in [0.29, 0.717) is 5.92 Å². The fourth-order valence-corrected chi connectivity index (χ4v) is 5.73. The Bertz CT molecular complexity index is 1430. The van der Waals surface area contributed by atoms with Gasteiger partial charge in [0.2, 0.25) is 0 Å². The molecule has 0 saturated carbocycles. The molecule has 1 heteroatoms. The van der Waals surface area contributed by atoms with Crippen LogP contribution in [0.2, 0.25) is 0 Å². The maximum absolute atomic E-state index is 2.37. The van der Waals surface area contributed by atoms with Crippen LogP contribution >= 0.6 is 0 Å². The average molecular weight is 538 g/mol. The van der Waals surface area contributed by atoms with Crippen LogP contribution in [0.5, 0.6) is 0 Å². The first-order valence-electron chi connectivity index (χ1n) is 14.9. The third-order valence-corrected chi connectivity index (χ3v) is 9.02. The summed E-state index contributed by atoms with van der Waals surface area (Å²) in [6.07, 6.45) is 1.14. The van der Waals surface area contributed by atoms with Gasteiger partial charge < -0.3 is 4.90 Å². The number of hydrogen-bond acceptors (Lipinski definition) is 1. The van der Waals surface area contributed by atoms with Crippen molar-refractivity contribution >= 4 is 17.1 Å². The molecule has 0 amide bonds. The van der Waals surface area contributed by atoms with E-state index in [2.05, 4.69) is 180 Å². The van der Waals surface area contributed by atoms with Crippen LogP contribution < -0.4 is 4.90 Å². The van der Waals surface area contributed by atoms with Crippen molar-refractivity contribution < 1.29 is 0 Å². The molecule has 0 saturated heterocycles. The number of benzene rings is 5. The summed E-state index contributed by atoms with van der Waals surface area (Å²) in [6, 6.07) is 48.9. The highest BCUT2D eigenvalue weighted by Gasteiger charge is 2.25. The Morgan fingerprint density at radius 3 is 1.12 bits per heavy atom. The fraction of sp³-hybridized carbons (Fsp3) is 0.250. The minimum atomic E-state index is -0.0762. The van der Waals surface area contributed by atoms with Gasteiger partial charge in [0.05, 0.1) is 0 Å². The van der Waals surface area contributed by atoms with Gasteiger partial charge in [0.1, 0.15) is 0 Å². The van der Waals surface area contributed by atoms with Crippen LogP contribution in [0.3, 0.4) is 0 Å². The Morgan fingerprint density at radius 2 is 0.780 bits per heavy atom. The summed E-state index contributed by atoms with van der Waals surface area (Å²) in [6.45, 7) is 13.8. The summed E-state index contributed by atoms with van der Waals surface area (Å²) in [5.74, 6) is 0.552. The van der Waals surface area contributed by atoms with Gasteiger partial charge in [-0.2, -0.15) is 0 Å². The maximum Gasteiger partial charge on any atom is 0.0461 e. The van der Waals surface area contributed by atoms with Crippen molar-refractivity contribution in [2.45, 2.75) is 64.7 Å². The zero-order valence-corrected chi connectivity index (χ0v) is 25.4. The molecule has 1 atom stereocenters. The van der Waals surface area contributed by atoms with E-state index < -0.39 is 0 Å². The first-order chi connectivity index (χ1) is 19.7. The minimum absolute atomic E-state index is 0.0762. The van der Waals surface area contributed by atoms with Crippen LogP contribution in [0.15, 0.2) is 133 Å². The largest absolute Gasteiger partial charge is 0.311 e. The Labute approximate surface area is 247 Å².